The number of thioether (sulfide) groups is 1. The van der Waals surface area contributed by atoms with Crippen LogP contribution < -0.4 is 5.73 Å². The Bertz CT molecular complexity index is 353. The van der Waals surface area contributed by atoms with Gasteiger partial charge in [0.2, 0.25) is 0 Å². The average Bonchev–Trinajstić information content (AvgIpc) is 2.85. The fourth-order valence-electron chi connectivity index (χ4n) is 2.41. The Morgan fingerprint density at radius 1 is 1.47 bits per heavy atom. The van der Waals surface area contributed by atoms with Crippen molar-refractivity contribution in [3.8, 4) is 0 Å². The molecule has 0 aliphatic carbocycles. The first kappa shape index (κ1) is 16.5. The van der Waals surface area contributed by atoms with E-state index in [1.807, 2.05) is 22.6 Å². The first-order valence-corrected chi connectivity index (χ1v) is 8.50. The molecule has 0 amide bonds. The fraction of sp³-hybridized carbons (Fsp3) is 0.786. The van der Waals surface area contributed by atoms with Gasteiger partial charge < -0.3 is 5.73 Å². The van der Waals surface area contributed by atoms with Gasteiger partial charge in [0, 0.05) is 36.6 Å². The van der Waals surface area contributed by atoms with Crippen molar-refractivity contribution < 1.29 is 0 Å². The van der Waals surface area contributed by atoms with Gasteiger partial charge in [-0.1, -0.05) is 13.8 Å². The van der Waals surface area contributed by atoms with E-state index < -0.39 is 0 Å². The van der Waals surface area contributed by atoms with E-state index in [0.717, 1.165) is 25.1 Å². The molecule has 2 atom stereocenters. The highest BCUT2D eigenvalue weighted by Crippen LogP contribution is 2.22. The van der Waals surface area contributed by atoms with Gasteiger partial charge in [0.25, 0.3) is 0 Å². The third-order valence-electron chi connectivity index (χ3n) is 3.61. The van der Waals surface area contributed by atoms with E-state index >= 15 is 0 Å². The zero-order chi connectivity index (χ0) is 14.3. The molecular weight excluding hydrogens is 256 g/mol. The van der Waals surface area contributed by atoms with Gasteiger partial charge in [0.1, 0.15) is 0 Å². The minimum Gasteiger partial charge on any atom is -0.329 e. The molecule has 4 nitrogen and oxygen atoms in total. The Balaban J connectivity index is 2.79. The summed E-state index contributed by atoms with van der Waals surface area (Å²) in [5, 5.41) is 4.42. The number of aryl methyl sites for hydroxylation is 1. The van der Waals surface area contributed by atoms with Gasteiger partial charge in [-0.05, 0) is 26.1 Å². The normalized spacial score (nSPS) is 14.8. The maximum absolute atomic E-state index is 5.99. The molecule has 1 rings (SSSR count). The van der Waals surface area contributed by atoms with Crippen LogP contribution in [0, 0.1) is 0 Å². The van der Waals surface area contributed by atoms with Crippen molar-refractivity contribution in [3.63, 3.8) is 0 Å². The molecule has 0 aliphatic heterocycles. The zero-order valence-corrected chi connectivity index (χ0v) is 13.5. The summed E-state index contributed by atoms with van der Waals surface area (Å²) in [6.45, 7) is 6.02. The first-order chi connectivity index (χ1) is 9.17. The third kappa shape index (κ3) is 4.51. The van der Waals surface area contributed by atoms with Crippen molar-refractivity contribution >= 4 is 11.8 Å². The van der Waals surface area contributed by atoms with Crippen LogP contribution in [0.3, 0.4) is 0 Å². The van der Waals surface area contributed by atoms with Crippen LogP contribution in [0.5, 0.6) is 0 Å². The van der Waals surface area contributed by atoms with Gasteiger partial charge >= 0.3 is 0 Å². The number of hydrogen-bond acceptors (Lipinski definition) is 4. The number of nitrogens with zero attached hydrogens (tertiary/aromatic N) is 3. The predicted octanol–water partition coefficient (Wildman–Crippen LogP) is 2.37. The summed E-state index contributed by atoms with van der Waals surface area (Å²) >= 11 is 1.90. The van der Waals surface area contributed by atoms with Crippen LogP contribution in [0.15, 0.2) is 12.4 Å². The molecule has 1 aromatic rings. The van der Waals surface area contributed by atoms with Gasteiger partial charge in [-0.3, -0.25) is 9.58 Å². The van der Waals surface area contributed by atoms with Crippen LogP contribution >= 0.6 is 11.8 Å². The molecule has 0 fully saturated rings. The number of hydrogen-bond donors (Lipinski definition) is 1. The van der Waals surface area contributed by atoms with Crippen LogP contribution in [-0.4, -0.2) is 46.3 Å². The molecule has 0 bridgehead atoms. The number of likely N-dealkylation sites (N-methyl/N-ethyl adjacent to an activating group) is 1. The van der Waals surface area contributed by atoms with Crippen LogP contribution in [0.2, 0.25) is 0 Å². The average molecular weight is 284 g/mol. The summed E-state index contributed by atoms with van der Waals surface area (Å²) in [6.07, 6.45) is 8.53. The smallest absolute Gasteiger partial charge is 0.0538 e. The van der Waals surface area contributed by atoms with Crippen LogP contribution in [0.4, 0.5) is 0 Å². The van der Waals surface area contributed by atoms with Crippen LogP contribution in [0.1, 0.15) is 38.3 Å². The highest BCUT2D eigenvalue weighted by atomic mass is 32.2. The Labute approximate surface area is 121 Å². The Morgan fingerprint density at radius 2 is 2.21 bits per heavy atom. The van der Waals surface area contributed by atoms with E-state index in [2.05, 4.69) is 43.3 Å². The number of nitrogens with two attached hydrogens (primary N) is 1. The summed E-state index contributed by atoms with van der Waals surface area (Å²) in [4.78, 5) is 2.41. The van der Waals surface area contributed by atoms with E-state index in [0.29, 0.717) is 12.6 Å². The lowest BCUT2D eigenvalue weighted by Crippen LogP contribution is -2.39. The van der Waals surface area contributed by atoms with Gasteiger partial charge in [-0.15, -0.1) is 0 Å². The summed E-state index contributed by atoms with van der Waals surface area (Å²) in [7, 11) is 2.18. The maximum atomic E-state index is 5.99. The van der Waals surface area contributed by atoms with Gasteiger partial charge in [0.05, 0.1) is 12.2 Å². The Hall–Kier alpha value is -0.520. The second kappa shape index (κ2) is 8.61. The minimum absolute atomic E-state index is 0.266. The second-order valence-corrected chi connectivity index (χ2v) is 5.88. The predicted molar refractivity (Wildman–Crippen MR) is 84.5 cm³/mol. The minimum atomic E-state index is 0.266. The SMILES string of the molecule is CCCn1cc(C(CN)N(C)C(CC)CSC)cn1. The summed E-state index contributed by atoms with van der Waals surface area (Å²) in [5.74, 6) is 1.15. The lowest BCUT2D eigenvalue weighted by atomic mass is 10.1. The largest absolute Gasteiger partial charge is 0.329 e. The Morgan fingerprint density at radius 3 is 2.74 bits per heavy atom. The molecule has 0 aliphatic rings. The highest BCUT2D eigenvalue weighted by molar-refractivity contribution is 7.98. The molecule has 110 valence electrons. The lowest BCUT2D eigenvalue weighted by Gasteiger charge is -2.33. The summed E-state index contributed by atoms with van der Waals surface area (Å²) < 4.78 is 2.02. The molecule has 0 aromatic carbocycles. The fourth-order valence-corrected chi connectivity index (χ4v) is 3.27. The van der Waals surface area contributed by atoms with E-state index in [4.69, 9.17) is 5.73 Å². The summed E-state index contributed by atoms with van der Waals surface area (Å²) in [5.41, 5.74) is 7.23. The van der Waals surface area contributed by atoms with Crippen LogP contribution in [-0.2, 0) is 6.54 Å². The van der Waals surface area contributed by atoms with Crippen molar-refractivity contribution in [3.05, 3.63) is 18.0 Å². The van der Waals surface area contributed by atoms with Crippen molar-refractivity contribution in [2.24, 2.45) is 5.73 Å². The van der Waals surface area contributed by atoms with Gasteiger partial charge in [-0.2, -0.15) is 16.9 Å². The molecule has 1 aromatic heterocycles. The zero-order valence-electron chi connectivity index (χ0n) is 12.7. The van der Waals surface area contributed by atoms with E-state index in [1.165, 1.54) is 5.56 Å². The lowest BCUT2D eigenvalue weighted by molar-refractivity contribution is 0.188. The molecular formula is C14H28N4S. The van der Waals surface area contributed by atoms with Crippen LogP contribution in [0.25, 0.3) is 0 Å². The maximum Gasteiger partial charge on any atom is 0.0538 e. The standard InChI is InChI=1S/C14H28N4S/c1-5-7-18-10-12(9-16-18)14(8-15)17(3)13(6-2)11-19-4/h9-10,13-14H,5-8,11,15H2,1-4H3. The molecule has 0 radical (unpaired) electrons. The van der Waals surface area contributed by atoms with Crippen molar-refractivity contribution in [1.29, 1.82) is 0 Å². The molecule has 5 heteroatoms. The second-order valence-electron chi connectivity index (χ2n) is 4.97. The van der Waals surface area contributed by atoms with Crippen molar-refractivity contribution in [2.75, 3.05) is 25.6 Å². The van der Waals surface area contributed by atoms with Gasteiger partial charge in [-0.25, -0.2) is 0 Å². The molecule has 0 saturated heterocycles. The molecule has 1 heterocycles. The monoisotopic (exact) mass is 284 g/mol. The van der Waals surface area contributed by atoms with E-state index in [1.54, 1.807) is 0 Å². The van der Waals surface area contributed by atoms with Crippen molar-refractivity contribution in [2.45, 2.75) is 45.3 Å². The van der Waals surface area contributed by atoms with E-state index in [-0.39, 0.29) is 6.04 Å². The molecule has 0 saturated carbocycles. The molecule has 2 N–H and O–H groups in total. The first-order valence-electron chi connectivity index (χ1n) is 7.11. The quantitative estimate of drug-likeness (QED) is 0.756. The third-order valence-corrected chi connectivity index (χ3v) is 4.33. The van der Waals surface area contributed by atoms with Crippen molar-refractivity contribution in [1.82, 2.24) is 14.7 Å². The highest BCUT2D eigenvalue weighted by Gasteiger charge is 2.22. The molecule has 0 spiro atoms. The number of aromatic nitrogens is 2. The topological polar surface area (TPSA) is 47.1 Å². The van der Waals surface area contributed by atoms with Gasteiger partial charge in [0.15, 0.2) is 0 Å². The number of rotatable bonds is 9. The Kier molecular flexibility index (Phi) is 7.49. The molecule has 19 heavy (non-hydrogen) atoms. The van der Waals surface area contributed by atoms with E-state index in [9.17, 15) is 0 Å². The molecule has 2 unspecified atom stereocenters. The summed E-state index contributed by atoms with van der Waals surface area (Å²) in [6, 6.07) is 0.834.